The number of rotatable bonds is 0. The second kappa shape index (κ2) is 3.61. The molecule has 1 spiro atoms. The molecule has 1 atom stereocenters. The van der Waals surface area contributed by atoms with Gasteiger partial charge in [-0.25, -0.2) is 4.79 Å². The van der Waals surface area contributed by atoms with Crippen LogP contribution in [-0.2, 0) is 10.5 Å². The largest absolute Gasteiger partial charge is 0.441 e. The normalized spacial score (nSPS) is 22.4. The van der Waals surface area contributed by atoms with E-state index in [2.05, 4.69) is 0 Å². The van der Waals surface area contributed by atoms with E-state index >= 15 is 0 Å². The van der Waals surface area contributed by atoms with Crippen molar-refractivity contribution < 1.29 is 19.1 Å². The second-order valence-electron chi connectivity index (χ2n) is 4.62. The van der Waals surface area contributed by atoms with Crippen molar-refractivity contribution in [2.45, 2.75) is 5.79 Å². The quantitative estimate of drug-likeness (QED) is 0.699. The van der Waals surface area contributed by atoms with E-state index in [0.29, 0.717) is 27.5 Å². The first-order valence-corrected chi connectivity index (χ1v) is 6.36. The average Bonchev–Trinajstić information content (AvgIpc) is 2.89. The smallest absolute Gasteiger partial charge is 0.347 e. The summed E-state index contributed by atoms with van der Waals surface area (Å²) in [5.41, 5.74) is 1.10. The Balaban J connectivity index is 1.94. The monoisotopic (exact) mass is 286 g/mol. The summed E-state index contributed by atoms with van der Waals surface area (Å²) >= 11 is 5.90. The van der Waals surface area contributed by atoms with Crippen molar-refractivity contribution in [1.82, 2.24) is 0 Å². The highest BCUT2D eigenvalue weighted by Crippen LogP contribution is 2.47. The van der Waals surface area contributed by atoms with Gasteiger partial charge in [-0.2, -0.15) is 0 Å². The van der Waals surface area contributed by atoms with Crippen LogP contribution in [0.25, 0.3) is 0 Å². The van der Waals surface area contributed by atoms with Crippen molar-refractivity contribution in [2.75, 3.05) is 0 Å². The molecule has 0 saturated carbocycles. The van der Waals surface area contributed by atoms with Gasteiger partial charge in [0.1, 0.15) is 5.75 Å². The lowest BCUT2D eigenvalue weighted by Crippen LogP contribution is -2.37. The number of carbonyl (C=O) groups is 2. The van der Waals surface area contributed by atoms with Crippen LogP contribution in [0.4, 0.5) is 0 Å². The molecule has 4 nitrogen and oxygen atoms in total. The minimum Gasteiger partial charge on any atom is -0.441 e. The Morgan fingerprint density at radius 2 is 1.75 bits per heavy atom. The van der Waals surface area contributed by atoms with Gasteiger partial charge in [0.15, 0.2) is 0 Å². The Hall–Kier alpha value is -2.33. The van der Waals surface area contributed by atoms with Gasteiger partial charge in [-0.1, -0.05) is 23.7 Å². The molecule has 2 aromatic rings. The van der Waals surface area contributed by atoms with Crippen LogP contribution < -0.4 is 4.74 Å². The SMILES string of the molecule is O=C1OC2(Oc3ccc(Cl)cc3C2=O)c2ccccc21. The van der Waals surface area contributed by atoms with Crippen molar-refractivity contribution in [3.63, 3.8) is 0 Å². The minimum atomic E-state index is -1.69. The first-order valence-electron chi connectivity index (χ1n) is 5.98. The van der Waals surface area contributed by atoms with Gasteiger partial charge in [-0.15, -0.1) is 0 Å². The Bertz CT molecular complexity index is 783. The highest BCUT2D eigenvalue weighted by Gasteiger charge is 2.58. The molecule has 0 N–H and O–H groups in total. The first-order chi connectivity index (χ1) is 9.62. The maximum atomic E-state index is 12.6. The van der Waals surface area contributed by atoms with Crippen molar-refractivity contribution in [3.8, 4) is 5.75 Å². The van der Waals surface area contributed by atoms with Crippen LogP contribution in [0.5, 0.6) is 5.75 Å². The van der Waals surface area contributed by atoms with Crippen molar-refractivity contribution in [2.24, 2.45) is 0 Å². The maximum Gasteiger partial charge on any atom is 0.347 e. The fourth-order valence-electron chi connectivity index (χ4n) is 2.58. The molecular weight excluding hydrogens is 280 g/mol. The second-order valence-corrected chi connectivity index (χ2v) is 5.06. The topological polar surface area (TPSA) is 52.6 Å². The van der Waals surface area contributed by atoms with E-state index in [1.807, 2.05) is 0 Å². The molecule has 4 rings (SSSR count). The summed E-state index contributed by atoms with van der Waals surface area (Å²) in [5, 5.41) is 0.426. The third kappa shape index (κ3) is 1.26. The van der Waals surface area contributed by atoms with E-state index in [4.69, 9.17) is 21.1 Å². The number of esters is 1. The summed E-state index contributed by atoms with van der Waals surface area (Å²) in [5.74, 6) is -2.30. The molecule has 20 heavy (non-hydrogen) atoms. The Morgan fingerprint density at radius 1 is 0.950 bits per heavy atom. The third-order valence-corrected chi connectivity index (χ3v) is 3.71. The van der Waals surface area contributed by atoms with E-state index in [-0.39, 0.29) is 0 Å². The number of halogens is 1. The highest BCUT2D eigenvalue weighted by molar-refractivity contribution is 6.31. The highest BCUT2D eigenvalue weighted by atomic mass is 35.5. The Kier molecular flexibility index (Phi) is 2.07. The molecule has 0 aliphatic carbocycles. The first kappa shape index (κ1) is 11.5. The molecule has 0 aromatic heterocycles. The molecule has 2 heterocycles. The number of benzene rings is 2. The van der Waals surface area contributed by atoms with Crippen molar-refractivity contribution in [1.29, 1.82) is 0 Å². The lowest BCUT2D eigenvalue weighted by atomic mass is 9.97. The fourth-order valence-corrected chi connectivity index (χ4v) is 2.75. The number of Topliss-reactive ketones (excluding diaryl/α,β-unsaturated/α-hetero) is 1. The fraction of sp³-hybridized carbons (Fsp3) is 0.0667. The molecule has 1 unspecified atom stereocenters. The van der Waals surface area contributed by atoms with E-state index < -0.39 is 17.5 Å². The number of hydrogen-bond acceptors (Lipinski definition) is 4. The summed E-state index contributed by atoms with van der Waals surface area (Å²) in [6.07, 6.45) is 0. The lowest BCUT2D eigenvalue weighted by Gasteiger charge is -2.20. The summed E-state index contributed by atoms with van der Waals surface area (Å²) in [4.78, 5) is 24.5. The van der Waals surface area contributed by atoms with Crippen LogP contribution in [0.3, 0.4) is 0 Å². The van der Waals surface area contributed by atoms with Gasteiger partial charge in [0.2, 0.25) is 0 Å². The molecule has 0 amide bonds. The lowest BCUT2D eigenvalue weighted by molar-refractivity contribution is -0.0978. The van der Waals surface area contributed by atoms with Gasteiger partial charge in [-0.3, -0.25) is 4.79 Å². The number of fused-ring (bicyclic) bond motifs is 3. The third-order valence-electron chi connectivity index (χ3n) is 3.48. The minimum absolute atomic E-state index is 0.321. The molecule has 98 valence electrons. The molecule has 2 aromatic carbocycles. The zero-order chi connectivity index (χ0) is 13.9. The van der Waals surface area contributed by atoms with Crippen LogP contribution in [0.2, 0.25) is 5.02 Å². The zero-order valence-corrected chi connectivity index (χ0v) is 10.8. The van der Waals surface area contributed by atoms with Gasteiger partial charge in [-0.05, 0) is 30.3 Å². The van der Waals surface area contributed by atoms with E-state index in [9.17, 15) is 9.59 Å². The van der Waals surface area contributed by atoms with Crippen molar-refractivity contribution >= 4 is 23.4 Å². The molecule has 0 saturated heterocycles. The van der Waals surface area contributed by atoms with E-state index in [0.717, 1.165) is 0 Å². The van der Waals surface area contributed by atoms with E-state index in [1.165, 1.54) is 6.07 Å². The maximum absolute atomic E-state index is 12.6. The van der Waals surface area contributed by atoms with Crippen molar-refractivity contribution in [3.05, 3.63) is 64.2 Å². The Morgan fingerprint density at radius 3 is 2.60 bits per heavy atom. The molecular formula is C15H7ClO4. The molecule has 0 radical (unpaired) electrons. The number of carbonyl (C=O) groups excluding carboxylic acids is 2. The van der Waals surface area contributed by atoms with Crippen LogP contribution in [0, 0.1) is 0 Å². The predicted molar refractivity (Wildman–Crippen MR) is 69.9 cm³/mol. The molecule has 2 aliphatic heterocycles. The predicted octanol–water partition coefficient (Wildman–Crippen LogP) is 2.94. The van der Waals surface area contributed by atoms with Crippen LogP contribution in [-0.4, -0.2) is 11.8 Å². The number of ketones is 1. The Labute approximate surface area is 118 Å². The molecule has 2 aliphatic rings. The van der Waals surface area contributed by atoms with Crippen LogP contribution in [0.1, 0.15) is 26.3 Å². The zero-order valence-electron chi connectivity index (χ0n) is 10.1. The van der Waals surface area contributed by atoms with Gasteiger partial charge in [0.25, 0.3) is 5.78 Å². The standard InChI is InChI=1S/C15H7ClO4/c16-8-5-6-12-10(7-8)13(17)15(19-12)11-4-2-1-3-9(11)14(18)20-15/h1-7H. The van der Waals surface area contributed by atoms with Crippen LogP contribution >= 0.6 is 11.6 Å². The van der Waals surface area contributed by atoms with E-state index in [1.54, 1.807) is 36.4 Å². The van der Waals surface area contributed by atoms with Gasteiger partial charge in [0.05, 0.1) is 16.7 Å². The van der Waals surface area contributed by atoms with Crippen LogP contribution in [0.15, 0.2) is 42.5 Å². The molecule has 0 fully saturated rings. The summed E-state index contributed by atoms with van der Waals surface area (Å²) < 4.78 is 10.9. The van der Waals surface area contributed by atoms with Gasteiger partial charge in [0, 0.05) is 5.02 Å². The summed E-state index contributed by atoms with van der Waals surface area (Å²) in [7, 11) is 0. The number of ether oxygens (including phenoxy) is 2. The average molecular weight is 287 g/mol. The summed E-state index contributed by atoms with van der Waals surface area (Å²) in [6.45, 7) is 0. The van der Waals surface area contributed by atoms with Gasteiger partial charge < -0.3 is 9.47 Å². The number of hydrogen-bond donors (Lipinski definition) is 0. The van der Waals surface area contributed by atoms with Gasteiger partial charge >= 0.3 is 11.8 Å². The molecule has 0 bridgehead atoms. The molecule has 5 heteroatoms. The summed E-state index contributed by atoms with van der Waals surface area (Å²) in [6, 6.07) is 11.4.